The van der Waals surface area contributed by atoms with Crippen LogP contribution in [0.1, 0.15) is 194 Å². The van der Waals surface area contributed by atoms with Crippen LogP contribution in [-0.2, 0) is 28.5 Å². The smallest absolute Gasteiger partial charge is 0.305 e. The molecule has 0 bridgehead atoms. The van der Waals surface area contributed by atoms with Gasteiger partial charge < -0.3 is 39.4 Å². The molecule has 0 aliphatic carbocycles. The van der Waals surface area contributed by atoms with Gasteiger partial charge in [-0.1, -0.05) is 168 Å². The molecular weight excluding hydrogens is 652 g/mol. The average Bonchev–Trinajstić information content (AvgIpc) is 3.12. The molecule has 1 aliphatic heterocycles. The van der Waals surface area contributed by atoms with Crippen molar-refractivity contribution >= 4 is 11.9 Å². The van der Waals surface area contributed by atoms with Crippen LogP contribution in [0.2, 0.25) is 0 Å². The van der Waals surface area contributed by atoms with E-state index in [0.29, 0.717) is 6.42 Å². The van der Waals surface area contributed by atoms with Gasteiger partial charge in [-0.2, -0.15) is 0 Å². The Balaban J connectivity index is 2.11. The first-order valence-electron chi connectivity index (χ1n) is 21.1. The van der Waals surface area contributed by atoms with Crippen molar-refractivity contribution in [3.8, 4) is 0 Å². The van der Waals surface area contributed by atoms with Gasteiger partial charge in [0.2, 0.25) is 0 Å². The van der Waals surface area contributed by atoms with Crippen LogP contribution < -0.4 is 0 Å². The van der Waals surface area contributed by atoms with E-state index >= 15 is 0 Å². The number of rotatable bonds is 35. The second-order valence-electron chi connectivity index (χ2n) is 14.9. The Bertz CT molecular complexity index is 811. The first-order valence-corrected chi connectivity index (χ1v) is 21.1. The number of esters is 2. The third-order valence-electron chi connectivity index (χ3n) is 9.94. The topological polar surface area (TPSA) is 152 Å². The van der Waals surface area contributed by atoms with Crippen LogP contribution in [0.5, 0.6) is 0 Å². The summed E-state index contributed by atoms with van der Waals surface area (Å²) in [6.45, 7) is 3.58. The van der Waals surface area contributed by atoms with Crippen LogP contribution in [0, 0.1) is 0 Å². The van der Waals surface area contributed by atoms with Crippen molar-refractivity contribution in [1.82, 2.24) is 0 Å². The number of ether oxygens (including phenoxy) is 4. The van der Waals surface area contributed by atoms with Crippen LogP contribution in [0.4, 0.5) is 0 Å². The molecule has 10 heteroatoms. The number of aliphatic hydroxyl groups excluding tert-OH is 4. The molecule has 6 atom stereocenters. The Labute approximate surface area is 310 Å². The van der Waals surface area contributed by atoms with Crippen LogP contribution in [0.3, 0.4) is 0 Å². The van der Waals surface area contributed by atoms with E-state index < -0.39 is 42.8 Å². The molecule has 0 aromatic carbocycles. The highest BCUT2D eigenvalue weighted by Gasteiger charge is 2.45. The van der Waals surface area contributed by atoms with Gasteiger partial charge in [0.25, 0.3) is 0 Å². The van der Waals surface area contributed by atoms with E-state index in [0.717, 1.165) is 38.5 Å². The molecule has 10 nitrogen and oxygen atoms in total. The molecule has 0 spiro atoms. The van der Waals surface area contributed by atoms with Gasteiger partial charge in [-0.25, -0.2) is 0 Å². The second kappa shape index (κ2) is 33.3. The van der Waals surface area contributed by atoms with Crippen molar-refractivity contribution in [3.63, 3.8) is 0 Å². The molecule has 0 saturated carbocycles. The average molecular weight is 731 g/mol. The fraction of sp³-hybridized carbons (Fsp3) is 0.951. The van der Waals surface area contributed by atoms with E-state index in [1.807, 2.05) is 0 Å². The predicted octanol–water partition coefficient (Wildman–Crippen LogP) is 8.22. The van der Waals surface area contributed by atoms with Crippen molar-refractivity contribution in [2.24, 2.45) is 0 Å². The Morgan fingerprint density at radius 3 is 1.29 bits per heavy atom. The third-order valence-corrected chi connectivity index (χ3v) is 9.94. The van der Waals surface area contributed by atoms with Crippen LogP contribution in [0.25, 0.3) is 0 Å². The minimum Gasteiger partial charge on any atom is -0.463 e. The molecule has 51 heavy (non-hydrogen) atoms. The van der Waals surface area contributed by atoms with Gasteiger partial charge >= 0.3 is 11.9 Å². The number of carbonyl (C=O) groups is 2. The zero-order valence-electron chi connectivity index (χ0n) is 32.6. The van der Waals surface area contributed by atoms with E-state index in [1.54, 1.807) is 0 Å². The van der Waals surface area contributed by atoms with Crippen molar-refractivity contribution in [1.29, 1.82) is 0 Å². The van der Waals surface area contributed by atoms with E-state index in [-0.39, 0.29) is 32.2 Å². The van der Waals surface area contributed by atoms with Crippen LogP contribution in [-0.4, -0.2) is 89.0 Å². The summed E-state index contributed by atoms with van der Waals surface area (Å²) in [7, 11) is 0. The first kappa shape index (κ1) is 47.7. The molecule has 1 heterocycles. The summed E-state index contributed by atoms with van der Waals surface area (Å²) < 4.78 is 21.5. The Morgan fingerprint density at radius 2 is 0.882 bits per heavy atom. The number of aliphatic hydroxyl groups is 4. The molecule has 1 fully saturated rings. The zero-order chi connectivity index (χ0) is 37.4. The molecule has 0 radical (unpaired) electrons. The maximum atomic E-state index is 12.3. The van der Waals surface area contributed by atoms with Crippen LogP contribution in [0.15, 0.2) is 0 Å². The van der Waals surface area contributed by atoms with E-state index in [9.17, 15) is 30.0 Å². The van der Waals surface area contributed by atoms with Crippen molar-refractivity contribution < 1.29 is 49.0 Å². The van der Waals surface area contributed by atoms with Gasteiger partial charge in [-0.15, -0.1) is 0 Å². The fourth-order valence-electron chi connectivity index (χ4n) is 6.53. The van der Waals surface area contributed by atoms with Gasteiger partial charge in [0, 0.05) is 12.8 Å². The molecule has 1 aliphatic rings. The molecular formula is C41H78O10. The summed E-state index contributed by atoms with van der Waals surface area (Å²) in [5, 5.41) is 41.3. The van der Waals surface area contributed by atoms with Crippen molar-refractivity contribution in [2.75, 3.05) is 19.8 Å². The predicted molar refractivity (Wildman–Crippen MR) is 201 cm³/mol. The number of hydrogen-bond donors (Lipinski definition) is 4. The molecule has 0 aromatic rings. The summed E-state index contributed by atoms with van der Waals surface area (Å²) in [6.07, 6.45) is 23.9. The third kappa shape index (κ3) is 26.2. The second-order valence-corrected chi connectivity index (χ2v) is 14.9. The van der Waals surface area contributed by atoms with E-state index in [4.69, 9.17) is 18.9 Å². The molecule has 0 unspecified atom stereocenters. The Morgan fingerprint density at radius 1 is 0.510 bits per heavy atom. The molecule has 0 aromatic heterocycles. The monoisotopic (exact) mass is 731 g/mol. The van der Waals surface area contributed by atoms with Crippen LogP contribution >= 0.6 is 0 Å². The zero-order valence-corrected chi connectivity index (χ0v) is 32.6. The SMILES string of the molecule is CCCCCCCCCCCCCCCC(=O)OC[C@@H](O)CO[C@@H]1O[C@H](COC(=O)CCCCCCCCCCCCCCC)[C@H](O)[C@H](O)[C@H]1O. The Kier molecular flexibility index (Phi) is 31.1. The highest BCUT2D eigenvalue weighted by molar-refractivity contribution is 5.69. The maximum Gasteiger partial charge on any atom is 0.305 e. The highest BCUT2D eigenvalue weighted by atomic mass is 16.7. The van der Waals surface area contributed by atoms with E-state index in [2.05, 4.69) is 13.8 Å². The number of carbonyl (C=O) groups excluding carboxylic acids is 2. The molecule has 4 N–H and O–H groups in total. The normalized spacial score (nSPS) is 21.1. The lowest BCUT2D eigenvalue weighted by Gasteiger charge is -2.40. The van der Waals surface area contributed by atoms with Crippen molar-refractivity contribution in [2.45, 2.75) is 230 Å². The summed E-state index contributed by atoms with van der Waals surface area (Å²) in [5.41, 5.74) is 0. The number of unbranched alkanes of at least 4 members (excludes halogenated alkanes) is 24. The lowest BCUT2D eigenvalue weighted by molar-refractivity contribution is -0.305. The summed E-state index contributed by atoms with van der Waals surface area (Å²) in [5.74, 6) is -0.798. The van der Waals surface area contributed by atoms with Crippen molar-refractivity contribution in [3.05, 3.63) is 0 Å². The minimum absolute atomic E-state index is 0.260. The van der Waals surface area contributed by atoms with Gasteiger partial charge in [0.15, 0.2) is 6.29 Å². The molecule has 1 rings (SSSR count). The van der Waals surface area contributed by atoms with E-state index in [1.165, 1.54) is 128 Å². The summed E-state index contributed by atoms with van der Waals surface area (Å²) in [4.78, 5) is 24.4. The first-order chi connectivity index (χ1) is 24.8. The largest absolute Gasteiger partial charge is 0.463 e. The standard InChI is InChI=1S/C41H78O10/c1-3-5-7-9-11-13-15-17-19-21-23-25-27-29-36(43)48-31-34(42)32-50-41-40(47)39(46)38(45)35(51-41)33-49-37(44)30-28-26-24-22-20-18-16-14-12-10-8-6-4-2/h34-35,38-42,45-47H,3-33H2,1-2H3/t34-,35-,38+,39+,40-,41-/m1/s1. The fourth-order valence-corrected chi connectivity index (χ4v) is 6.53. The lowest BCUT2D eigenvalue weighted by Crippen LogP contribution is -2.59. The molecule has 302 valence electrons. The van der Waals surface area contributed by atoms with Gasteiger partial charge in [-0.3, -0.25) is 9.59 Å². The Hall–Kier alpha value is -1.30. The molecule has 0 amide bonds. The van der Waals surface area contributed by atoms with Gasteiger partial charge in [-0.05, 0) is 12.8 Å². The maximum absolute atomic E-state index is 12.3. The van der Waals surface area contributed by atoms with Gasteiger partial charge in [0.05, 0.1) is 6.61 Å². The molecule has 1 saturated heterocycles. The summed E-state index contributed by atoms with van der Waals surface area (Å²) >= 11 is 0. The minimum atomic E-state index is -1.59. The summed E-state index contributed by atoms with van der Waals surface area (Å²) in [6, 6.07) is 0. The lowest BCUT2D eigenvalue weighted by atomic mass is 9.99. The highest BCUT2D eigenvalue weighted by Crippen LogP contribution is 2.23. The quantitative estimate of drug-likeness (QED) is 0.0371. The van der Waals surface area contributed by atoms with Gasteiger partial charge in [0.1, 0.15) is 43.7 Å². The number of hydrogen-bond acceptors (Lipinski definition) is 10.